The number of hydrogen-bond acceptors (Lipinski definition) is 4. The van der Waals surface area contributed by atoms with Crippen LogP contribution in [0.15, 0.2) is 6.20 Å². The third-order valence-corrected chi connectivity index (χ3v) is 2.15. The molecule has 0 aliphatic carbocycles. The third-order valence-electron chi connectivity index (χ3n) is 1.16. The van der Waals surface area contributed by atoms with E-state index in [0.29, 0.717) is 5.01 Å². The summed E-state index contributed by atoms with van der Waals surface area (Å²) in [6, 6.07) is 0. The summed E-state index contributed by atoms with van der Waals surface area (Å²) in [4.78, 5) is 25.0. The van der Waals surface area contributed by atoms with E-state index in [2.05, 4.69) is 4.98 Å². The molecule has 1 aromatic heterocycles. The lowest BCUT2D eigenvalue weighted by molar-refractivity contribution is -0.116. The van der Waals surface area contributed by atoms with Gasteiger partial charge in [0.15, 0.2) is 0 Å². The smallest absolute Gasteiger partial charge is 0.347 e. The molecule has 0 aliphatic heterocycles. The Bertz CT molecular complexity index is 318. The molecule has 0 unspecified atom stereocenters. The molecule has 0 fully saturated rings. The van der Waals surface area contributed by atoms with Gasteiger partial charge in [0.2, 0.25) is 0 Å². The van der Waals surface area contributed by atoms with Gasteiger partial charge in [-0.1, -0.05) is 0 Å². The summed E-state index contributed by atoms with van der Waals surface area (Å²) in [7, 11) is 0. The molecule has 5 heteroatoms. The molecule has 1 N–H and O–H groups in total. The number of rotatable bonds is 3. The van der Waals surface area contributed by atoms with Crippen molar-refractivity contribution in [2.24, 2.45) is 0 Å². The minimum atomic E-state index is -0.998. The topological polar surface area (TPSA) is 67.3 Å². The zero-order valence-electron chi connectivity index (χ0n) is 6.40. The monoisotopic (exact) mass is 185 g/mol. The van der Waals surface area contributed by atoms with Crippen molar-refractivity contribution in [3.05, 3.63) is 16.1 Å². The van der Waals surface area contributed by atoms with Crippen molar-refractivity contribution in [1.29, 1.82) is 0 Å². The number of carbonyl (C=O) groups is 2. The molecule has 4 nitrogen and oxygen atoms in total. The van der Waals surface area contributed by atoms with Gasteiger partial charge in [0.1, 0.15) is 15.7 Å². The molecular formula is C7H7NO3S. The Kier molecular flexibility index (Phi) is 2.54. The van der Waals surface area contributed by atoms with Gasteiger partial charge >= 0.3 is 5.97 Å². The van der Waals surface area contributed by atoms with Gasteiger partial charge < -0.3 is 5.11 Å². The lowest BCUT2D eigenvalue weighted by atomic mass is 10.3. The van der Waals surface area contributed by atoms with Crippen molar-refractivity contribution in [2.45, 2.75) is 13.3 Å². The largest absolute Gasteiger partial charge is 0.477 e. The van der Waals surface area contributed by atoms with Crippen molar-refractivity contribution >= 4 is 23.1 Å². The van der Waals surface area contributed by atoms with Crippen LogP contribution in [0.25, 0.3) is 0 Å². The number of hydrogen-bond donors (Lipinski definition) is 1. The quantitative estimate of drug-likeness (QED) is 0.762. The van der Waals surface area contributed by atoms with Crippen molar-refractivity contribution in [3.63, 3.8) is 0 Å². The van der Waals surface area contributed by atoms with Crippen LogP contribution < -0.4 is 0 Å². The third kappa shape index (κ3) is 2.13. The molecule has 0 bridgehead atoms. The molecule has 0 radical (unpaired) electrons. The van der Waals surface area contributed by atoms with E-state index in [1.54, 1.807) is 0 Å². The molecule has 1 heterocycles. The maximum Gasteiger partial charge on any atom is 0.347 e. The summed E-state index contributed by atoms with van der Waals surface area (Å²) in [5.41, 5.74) is 0. The highest BCUT2D eigenvalue weighted by atomic mass is 32.1. The van der Waals surface area contributed by atoms with Crippen molar-refractivity contribution in [3.8, 4) is 0 Å². The summed E-state index contributed by atoms with van der Waals surface area (Å²) >= 11 is 1.04. The van der Waals surface area contributed by atoms with Gasteiger partial charge in [0.25, 0.3) is 0 Å². The molecule has 0 saturated carbocycles. The van der Waals surface area contributed by atoms with E-state index in [1.165, 1.54) is 13.1 Å². The van der Waals surface area contributed by atoms with Gasteiger partial charge in [-0.25, -0.2) is 9.78 Å². The van der Waals surface area contributed by atoms with Gasteiger partial charge in [-0.3, -0.25) is 4.79 Å². The highest BCUT2D eigenvalue weighted by molar-refractivity contribution is 7.13. The number of carboxylic acid groups (broad SMARTS) is 1. The second-order valence-corrected chi connectivity index (χ2v) is 3.42. The number of carbonyl (C=O) groups excluding carboxylic acids is 1. The zero-order valence-corrected chi connectivity index (χ0v) is 7.22. The number of nitrogens with zero attached hydrogens (tertiary/aromatic N) is 1. The molecule has 1 rings (SSSR count). The van der Waals surface area contributed by atoms with Gasteiger partial charge in [-0.2, -0.15) is 0 Å². The number of carboxylic acids is 1. The van der Waals surface area contributed by atoms with Crippen LogP contribution in [-0.2, 0) is 11.2 Å². The first kappa shape index (κ1) is 8.86. The average Bonchev–Trinajstić information content (AvgIpc) is 2.34. The van der Waals surface area contributed by atoms with Crippen molar-refractivity contribution < 1.29 is 14.7 Å². The van der Waals surface area contributed by atoms with Crippen LogP contribution in [0.3, 0.4) is 0 Å². The maximum atomic E-state index is 10.6. The summed E-state index contributed by atoms with van der Waals surface area (Å²) in [6.07, 6.45) is 1.49. The zero-order chi connectivity index (χ0) is 9.14. The fraction of sp³-hybridized carbons (Fsp3) is 0.286. The number of ketones is 1. The van der Waals surface area contributed by atoms with E-state index < -0.39 is 5.97 Å². The second-order valence-electron chi connectivity index (χ2n) is 2.30. The standard InChI is InChI=1S/C7H7NO3S/c1-4(9)2-6-8-3-5(12-6)7(10)11/h3H,2H2,1H3,(H,10,11). The van der Waals surface area contributed by atoms with E-state index in [-0.39, 0.29) is 17.1 Å². The van der Waals surface area contributed by atoms with Gasteiger partial charge in [0, 0.05) is 0 Å². The summed E-state index contributed by atoms with van der Waals surface area (Å²) in [5, 5.41) is 9.07. The Labute approximate surface area is 72.9 Å². The molecule has 0 amide bonds. The summed E-state index contributed by atoms with van der Waals surface area (Å²) < 4.78 is 0. The first-order chi connectivity index (χ1) is 5.59. The first-order valence-corrected chi connectivity index (χ1v) is 4.08. The molecule has 0 aromatic carbocycles. The number of aromatic nitrogens is 1. The molecule has 0 aliphatic rings. The van der Waals surface area contributed by atoms with Crippen LogP contribution in [0.1, 0.15) is 21.6 Å². The van der Waals surface area contributed by atoms with E-state index >= 15 is 0 Å². The Balaban J connectivity index is 2.77. The van der Waals surface area contributed by atoms with E-state index in [9.17, 15) is 9.59 Å². The average molecular weight is 185 g/mol. The maximum absolute atomic E-state index is 10.6. The fourth-order valence-corrected chi connectivity index (χ4v) is 1.53. The Morgan fingerprint density at radius 2 is 2.33 bits per heavy atom. The van der Waals surface area contributed by atoms with Crippen LogP contribution in [0, 0.1) is 0 Å². The highest BCUT2D eigenvalue weighted by Gasteiger charge is 2.09. The highest BCUT2D eigenvalue weighted by Crippen LogP contribution is 2.13. The van der Waals surface area contributed by atoms with Crippen molar-refractivity contribution in [1.82, 2.24) is 4.98 Å². The number of Topliss-reactive ketones (excluding diaryl/α,β-unsaturated/α-hetero) is 1. The predicted octanol–water partition coefficient (Wildman–Crippen LogP) is 0.973. The SMILES string of the molecule is CC(=O)Cc1ncc(C(=O)O)s1. The van der Waals surface area contributed by atoms with Gasteiger partial charge in [-0.15, -0.1) is 11.3 Å². The molecule has 12 heavy (non-hydrogen) atoms. The molecule has 0 saturated heterocycles. The Morgan fingerprint density at radius 1 is 1.67 bits per heavy atom. The van der Waals surface area contributed by atoms with E-state index in [1.807, 2.05) is 0 Å². The van der Waals surface area contributed by atoms with Crippen LogP contribution in [0.4, 0.5) is 0 Å². The Morgan fingerprint density at radius 3 is 2.75 bits per heavy atom. The minimum Gasteiger partial charge on any atom is -0.477 e. The van der Waals surface area contributed by atoms with Crippen LogP contribution >= 0.6 is 11.3 Å². The van der Waals surface area contributed by atoms with Gasteiger partial charge in [-0.05, 0) is 6.92 Å². The first-order valence-electron chi connectivity index (χ1n) is 3.27. The number of aromatic carboxylic acids is 1. The molecular weight excluding hydrogens is 178 g/mol. The van der Waals surface area contributed by atoms with Crippen molar-refractivity contribution in [2.75, 3.05) is 0 Å². The van der Waals surface area contributed by atoms with Crippen LogP contribution in [-0.4, -0.2) is 21.8 Å². The summed E-state index contributed by atoms with van der Waals surface area (Å²) in [5.74, 6) is -1.01. The summed E-state index contributed by atoms with van der Waals surface area (Å²) in [6.45, 7) is 1.45. The molecule has 0 spiro atoms. The molecule has 64 valence electrons. The molecule has 0 atom stereocenters. The van der Waals surface area contributed by atoms with Gasteiger partial charge in [0.05, 0.1) is 12.6 Å². The van der Waals surface area contributed by atoms with Crippen LogP contribution in [0.5, 0.6) is 0 Å². The number of thiazole rings is 1. The normalized spacial score (nSPS) is 9.75. The lowest BCUT2D eigenvalue weighted by Crippen LogP contribution is -1.94. The lowest BCUT2D eigenvalue weighted by Gasteiger charge is -1.86. The predicted molar refractivity (Wildman–Crippen MR) is 43.5 cm³/mol. The minimum absolute atomic E-state index is 0.0127. The molecule has 1 aromatic rings. The Hall–Kier alpha value is -1.23. The fourth-order valence-electron chi connectivity index (χ4n) is 0.704. The van der Waals surface area contributed by atoms with E-state index in [4.69, 9.17) is 5.11 Å². The van der Waals surface area contributed by atoms with E-state index in [0.717, 1.165) is 11.3 Å². The second kappa shape index (κ2) is 3.44. The van der Waals surface area contributed by atoms with Crippen LogP contribution in [0.2, 0.25) is 0 Å².